The van der Waals surface area contributed by atoms with E-state index in [9.17, 15) is 0 Å². The quantitative estimate of drug-likeness (QED) is 0.741. The van der Waals surface area contributed by atoms with E-state index in [4.69, 9.17) is 23.8 Å². The Kier molecular flexibility index (Phi) is 2.75. The van der Waals surface area contributed by atoms with Gasteiger partial charge in [-0.25, -0.2) is 0 Å². The van der Waals surface area contributed by atoms with Crippen LogP contribution in [-0.2, 0) is 0 Å². The van der Waals surface area contributed by atoms with Gasteiger partial charge in [0.15, 0.2) is 4.77 Å². The summed E-state index contributed by atoms with van der Waals surface area (Å²) >= 11 is 11.4. The van der Waals surface area contributed by atoms with Crippen LogP contribution < -0.4 is 0 Å². The van der Waals surface area contributed by atoms with Gasteiger partial charge in [-0.3, -0.25) is 0 Å². The van der Waals surface area contributed by atoms with E-state index in [1.807, 2.05) is 12.1 Å². The predicted octanol–water partition coefficient (Wildman–Crippen LogP) is 4.71. The number of fused-ring (bicyclic) bond motifs is 1. The second-order valence-corrected chi connectivity index (χ2v) is 5.86. The molecule has 3 rings (SSSR count). The highest BCUT2D eigenvalue weighted by atomic mass is 35.5. The molecule has 2 nitrogen and oxygen atoms in total. The van der Waals surface area contributed by atoms with Crippen LogP contribution in [0.1, 0.15) is 32.2 Å². The maximum Gasteiger partial charge on any atom is 0.178 e. The molecule has 2 unspecified atom stereocenters. The van der Waals surface area contributed by atoms with Crippen molar-refractivity contribution < 1.29 is 0 Å². The summed E-state index contributed by atoms with van der Waals surface area (Å²) in [6.45, 7) is 2.31. The summed E-state index contributed by atoms with van der Waals surface area (Å²) in [6.07, 6.45) is 3.75. The molecular formula is C13H15ClN2S. The minimum atomic E-state index is 0.549. The lowest BCUT2D eigenvalue weighted by atomic mass is 10.1. The zero-order valence-electron chi connectivity index (χ0n) is 9.74. The summed E-state index contributed by atoms with van der Waals surface area (Å²) in [4.78, 5) is 3.25. The van der Waals surface area contributed by atoms with Crippen molar-refractivity contribution in [3.63, 3.8) is 0 Å². The van der Waals surface area contributed by atoms with Crippen LogP contribution in [0, 0.1) is 10.7 Å². The fourth-order valence-electron chi connectivity index (χ4n) is 2.88. The molecule has 90 valence electrons. The fraction of sp³-hybridized carbons (Fsp3) is 0.462. The van der Waals surface area contributed by atoms with Gasteiger partial charge in [0.2, 0.25) is 0 Å². The van der Waals surface area contributed by atoms with Crippen molar-refractivity contribution in [2.75, 3.05) is 0 Å². The first-order valence-electron chi connectivity index (χ1n) is 6.05. The van der Waals surface area contributed by atoms with E-state index in [2.05, 4.69) is 22.5 Å². The largest absolute Gasteiger partial charge is 0.331 e. The summed E-state index contributed by atoms with van der Waals surface area (Å²) in [5.74, 6) is 0.805. The van der Waals surface area contributed by atoms with Crippen molar-refractivity contribution in [1.29, 1.82) is 0 Å². The Hall–Kier alpha value is -0.800. The molecule has 1 N–H and O–H groups in total. The molecule has 0 spiro atoms. The Bertz CT molecular complexity index is 613. The molecule has 1 aliphatic carbocycles. The molecule has 1 fully saturated rings. The Morgan fingerprint density at radius 3 is 2.94 bits per heavy atom. The zero-order chi connectivity index (χ0) is 12.0. The molecule has 0 radical (unpaired) electrons. The summed E-state index contributed by atoms with van der Waals surface area (Å²) in [7, 11) is 0. The van der Waals surface area contributed by atoms with E-state index in [1.54, 1.807) is 0 Å². The van der Waals surface area contributed by atoms with Gasteiger partial charge in [-0.15, -0.1) is 0 Å². The number of benzene rings is 1. The first-order chi connectivity index (χ1) is 8.15. The van der Waals surface area contributed by atoms with E-state index >= 15 is 0 Å². The van der Waals surface area contributed by atoms with Gasteiger partial charge >= 0.3 is 0 Å². The van der Waals surface area contributed by atoms with Crippen LogP contribution in [-0.4, -0.2) is 9.55 Å². The minimum absolute atomic E-state index is 0.549. The van der Waals surface area contributed by atoms with Crippen LogP contribution in [0.3, 0.4) is 0 Å². The third-order valence-corrected chi connectivity index (χ3v) is 4.24. The van der Waals surface area contributed by atoms with Crippen LogP contribution in [0.25, 0.3) is 11.0 Å². The van der Waals surface area contributed by atoms with Gasteiger partial charge in [0.25, 0.3) is 0 Å². The van der Waals surface area contributed by atoms with Crippen molar-refractivity contribution >= 4 is 34.9 Å². The van der Waals surface area contributed by atoms with Crippen LogP contribution >= 0.6 is 23.8 Å². The fourth-order valence-corrected chi connectivity index (χ4v) is 3.41. The van der Waals surface area contributed by atoms with Gasteiger partial charge in [0.1, 0.15) is 0 Å². The zero-order valence-corrected chi connectivity index (χ0v) is 11.3. The van der Waals surface area contributed by atoms with E-state index in [-0.39, 0.29) is 0 Å². The molecule has 4 heteroatoms. The monoisotopic (exact) mass is 266 g/mol. The first kappa shape index (κ1) is 11.3. The van der Waals surface area contributed by atoms with E-state index in [1.165, 1.54) is 24.8 Å². The molecule has 1 heterocycles. The Labute approximate surface area is 111 Å². The van der Waals surface area contributed by atoms with Gasteiger partial charge < -0.3 is 9.55 Å². The summed E-state index contributed by atoms with van der Waals surface area (Å²) in [5.41, 5.74) is 2.22. The number of nitrogens with one attached hydrogen (secondary N) is 1. The van der Waals surface area contributed by atoms with E-state index in [0.717, 1.165) is 21.2 Å². The van der Waals surface area contributed by atoms with Crippen LogP contribution in [0.2, 0.25) is 5.02 Å². The molecule has 2 atom stereocenters. The van der Waals surface area contributed by atoms with Crippen LogP contribution in [0.15, 0.2) is 18.2 Å². The molecule has 1 saturated carbocycles. The Morgan fingerprint density at radius 1 is 1.41 bits per heavy atom. The number of imidazole rings is 1. The molecule has 1 aromatic heterocycles. The van der Waals surface area contributed by atoms with E-state index in [0.29, 0.717) is 6.04 Å². The average Bonchev–Trinajstić information content (AvgIpc) is 2.80. The molecular weight excluding hydrogens is 252 g/mol. The first-order valence-corrected chi connectivity index (χ1v) is 6.83. The van der Waals surface area contributed by atoms with Gasteiger partial charge in [0, 0.05) is 11.1 Å². The smallest absolute Gasteiger partial charge is 0.178 e. The maximum atomic E-state index is 6.00. The number of hydrogen-bond acceptors (Lipinski definition) is 1. The highest BCUT2D eigenvalue weighted by molar-refractivity contribution is 7.71. The predicted molar refractivity (Wildman–Crippen MR) is 74.2 cm³/mol. The molecule has 0 bridgehead atoms. The van der Waals surface area contributed by atoms with Gasteiger partial charge in [0.05, 0.1) is 11.0 Å². The average molecular weight is 267 g/mol. The summed E-state index contributed by atoms with van der Waals surface area (Å²) < 4.78 is 3.09. The molecule has 17 heavy (non-hydrogen) atoms. The normalized spacial score (nSPS) is 24.6. The van der Waals surface area contributed by atoms with Gasteiger partial charge in [-0.2, -0.15) is 0 Å². The highest BCUT2D eigenvalue weighted by Crippen LogP contribution is 2.36. The number of nitrogens with zero attached hydrogens (tertiary/aromatic N) is 1. The van der Waals surface area contributed by atoms with Crippen LogP contribution in [0.4, 0.5) is 0 Å². The lowest BCUT2D eigenvalue weighted by Gasteiger charge is -2.13. The topological polar surface area (TPSA) is 20.7 Å². The second-order valence-electron chi connectivity index (χ2n) is 5.03. The van der Waals surface area contributed by atoms with Gasteiger partial charge in [-0.1, -0.05) is 18.5 Å². The number of rotatable bonds is 1. The number of hydrogen-bond donors (Lipinski definition) is 1. The Morgan fingerprint density at radius 2 is 2.24 bits per heavy atom. The number of halogens is 1. The van der Waals surface area contributed by atoms with E-state index < -0.39 is 0 Å². The molecule has 1 aromatic carbocycles. The van der Waals surface area contributed by atoms with Crippen molar-refractivity contribution in [3.05, 3.63) is 28.0 Å². The Balaban J connectivity index is 2.15. The third-order valence-electron chi connectivity index (χ3n) is 3.71. The molecule has 0 amide bonds. The second kappa shape index (κ2) is 4.14. The number of H-pyrrole nitrogens is 1. The van der Waals surface area contributed by atoms with Crippen molar-refractivity contribution in [3.8, 4) is 0 Å². The lowest BCUT2D eigenvalue weighted by Crippen LogP contribution is -2.05. The van der Waals surface area contributed by atoms with Crippen molar-refractivity contribution in [2.45, 2.75) is 32.2 Å². The minimum Gasteiger partial charge on any atom is -0.331 e. The summed E-state index contributed by atoms with van der Waals surface area (Å²) in [6, 6.07) is 6.49. The molecule has 1 aliphatic rings. The molecule has 2 aromatic rings. The standard InChI is InChI=1S/C13H15ClN2S/c1-8-2-4-10(6-8)16-12-5-3-9(14)7-11(12)15-13(16)17/h3,5,7-8,10H,2,4,6H2,1H3,(H,15,17). The molecule has 0 saturated heterocycles. The van der Waals surface area contributed by atoms with Crippen molar-refractivity contribution in [1.82, 2.24) is 9.55 Å². The lowest BCUT2D eigenvalue weighted by molar-refractivity contribution is 0.500. The number of aromatic nitrogens is 2. The number of aromatic amines is 1. The SMILES string of the molecule is CC1CCC(n2c(=S)[nH]c3cc(Cl)ccc32)C1. The van der Waals surface area contributed by atoms with Crippen LogP contribution in [0.5, 0.6) is 0 Å². The summed E-state index contributed by atoms with van der Waals surface area (Å²) in [5, 5.41) is 0.751. The van der Waals surface area contributed by atoms with Gasteiger partial charge in [-0.05, 0) is 55.6 Å². The maximum absolute atomic E-state index is 6.00. The van der Waals surface area contributed by atoms with Crippen molar-refractivity contribution in [2.24, 2.45) is 5.92 Å². The highest BCUT2D eigenvalue weighted by Gasteiger charge is 2.24. The molecule has 0 aliphatic heterocycles. The third kappa shape index (κ3) is 1.91.